The molecule has 2 rings (SSSR count). The number of aliphatic hydroxyl groups excluding tert-OH is 2. The molecule has 0 saturated heterocycles. The molecule has 0 heterocycles. The summed E-state index contributed by atoms with van der Waals surface area (Å²) in [5, 5.41) is 30.5. The lowest BCUT2D eigenvalue weighted by Crippen LogP contribution is -2.54. The molecule has 0 aliphatic rings. The average molecular weight is 439 g/mol. The van der Waals surface area contributed by atoms with E-state index in [0.717, 1.165) is 17.4 Å². The zero-order chi connectivity index (χ0) is 22.3. The van der Waals surface area contributed by atoms with Gasteiger partial charge in [-0.1, -0.05) is 24.3 Å². The Morgan fingerprint density at radius 3 is 2.03 bits per heavy atom. The van der Waals surface area contributed by atoms with Gasteiger partial charge in [-0.15, -0.1) is 0 Å². The van der Waals surface area contributed by atoms with Crippen molar-refractivity contribution < 1.29 is 33.4 Å². The average Bonchev–Trinajstić information content (AvgIpc) is 2.71. The summed E-state index contributed by atoms with van der Waals surface area (Å²) in [4.78, 5) is 12.3. The van der Waals surface area contributed by atoms with Crippen molar-refractivity contribution in [3.8, 4) is 16.9 Å². The lowest BCUT2D eigenvalue weighted by Gasteiger charge is -2.25. The molecule has 0 aliphatic carbocycles. The molecule has 2 aromatic rings. The number of carbonyl (C=O) groups is 1. The molecule has 0 bridgehead atoms. The summed E-state index contributed by atoms with van der Waals surface area (Å²) >= 11 is 0. The molecule has 30 heavy (non-hydrogen) atoms. The maximum Gasteiger partial charge on any atom is 0.251 e. The van der Waals surface area contributed by atoms with Crippen molar-refractivity contribution in [1.29, 1.82) is 0 Å². The second-order valence-electron chi connectivity index (χ2n) is 6.89. The third-order valence-electron chi connectivity index (χ3n) is 4.35. The molecule has 2 aromatic carbocycles. The quantitative estimate of drug-likeness (QED) is 0.267. The van der Waals surface area contributed by atoms with Crippen molar-refractivity contribution in [2.45, 2.75) is 25.3 Å². The molecule has 1 amide bonds. The fourth-order valence-electron chi connectivity index (χ4n) is 2.65. The van der Waals surface area contributed by atoms with Gasteiger partial charge in [-0.25, -0.2) is 8.42 Å². The van der Waals surface area contributed by atoms with E-state index in [4.69, 9.17) is 9.94 Å². The molecule has 0 radical (unpaired) electrons. The highest BCUT2D eigenvalue weighted by Crippen LogP contribution is 2.23. The van der Waals surface area contributed by atoms with E-state index in [9.17, 15) is 23.4 Å². The monoisotopic (exact) mass is 438 g/mol. The van der Waals surface area contributed by atoms with E-state index in [2.05, 4.69) is 5.32 Å². The van der Waals surface area contributed by atoms with Crippen molar-refractivity contribution in [2.24, 2.45) is 0 Å². The Kier molecular flexibility index (Phi) is 8.33. The molecule has 0 fully saturated rings. The van der Waals surface area contributed by atoms with Gasteiger partial charge in [0, 0.05) is 11.8 Å². The van der Waals surface area contributed by atoms with Gasteiger partial charge in [-0.3, -0.25) is 4.79 Å². The highest BCUT2D eigenvalue weighted by atomic mass is 32.2. The number of hydroxylamine groups is 1. The van der Waals surface area contributed by atoms with Gasteiger partial charge in [0.15, 0.2) is 9.84 Å². The molecule has 3 atom stereocenters. The Bertz CT molecular complexity index is 929. The first-order chi connectivity index (χ1) is 14.1. The van der Waals surface area contributed by atoms with Gasteiger partial charge < -0.3 is 25.5 Å². The SMILES string of the molecule is C[C@@H](O)[C@H](NC(=O)c1ccc(-c2ccc(OCCS(C)(=O)=O)cc2)cc1)C(O)NO. The zero-order valence-electron chi connectivity index (χ0n) is 16.6. The van der Waals surface area contributed by atoms with Gasteiger partial charge in [0.2, 0.25) is 0 Å². The van der Waals surface area contributed by atoms with Crippen LogP contribution in [0.25, 0.3) is 11.1 Å². The van der Waals surface area contributed by atoms with Crippen LogP contribution < -0.4 is 15.5 Å². The first-order valence-corrected chi connectivity index (χ1v) is 11.2. The predicted octanol–water partition coefficient (Wildman–Crippen LogP) is 0.553. The molecule has 9 nitrogen and oxygen atoms in total. The van der Waals surface area contributed by atoms with Crippen molar-refractivity contribution in [2.75, 3.05) is 18.6 Å². The van der Waals surface area contributed by atoms with Gasteiger partial charge in [0.25, 0.3) is 5.91 Å². The van der Waals surface area contributed by atoms with Crippen molar-refractivity contribution >= 4 is 15.7 Å². The van der Waals surface area contributed by atoms with Gasteiger partial charge in [0.05, 0.1) is 17.9 Å². The van der Waals surface area contributed by atoms with E-state index in [0.29, 0.717) is 11.3 Å². The molecular formula is C20H26N2O7S. The van der Waals surface area contributed by atoms with E-state index in [1.54, 1.807) is 41.9 Å². The van der Waals surface area contributed by atoms with Gasteiger partial charge in [0.1, 0.15) is 18.6 Å². The number of rotatable bonds is 10. The van der Waals surface area contributed by atoms with Crippen molar-refractivity contribution in [3.63, 3.8) is 0 Å². The Labute approximate surface area is 175 Å². The third kappa shape index (κ3) is 7.08. The first kappa shape index (κ1) is 23.8. The summed E-state index contributed by atoms with van der Waals surface area (Å²) in [6.07, 6.45) is -1.47. The fourth-order valence-corrected chi connectivity index (χ4v) is 3.03. The predicted molar refractivity (Wildman–Crippen MR) is 111 cm³/mol. The number of aliphatic hydroxyl groups is 2. The molecule has 10 heteroatoms. The van der Waals surface area contributed by atoms with Gasteiger partial charge in [-0.05, 0) is 42.3 Å². The second kappa shape index (κ2) is 10.5. The minimum Gasteiger partial charge on any atom is -0.493 e. The fraction of sp³-hybridized carbons (Fsp3) is 0.350. The van der Waals surface area contributed by atoms with Gasteiger partial charge in [-0.2, -0.15) is 5.48 Å². The molecule has 0 aromatic heterocycles. The Balaban J connectivity index is 2.02. The Hall–Kier alpha value is -2.50. The van der Waals surface area contributed by atoms with Crippen LogP contribution in [-0.4, -0.2) is 66.7 Å². The minimum atomic E-state index is -3.08. The summed E-state index contributed by atoms with van der Waals surface area (Å²) in [6, 6.07) is 12.7. The zero-order valence-corrected chi connectivity index (χ0v) is 17.5. The topological polar surface area (TPSA) is 145 Å². The molecular weight excluding hydrogens is 412 g/mol. The maximum absolute atomic E-state index is 12.3. The third-order valence-corrected chi connectivity index (χ3v) is 5.26. The van der Waals surface area contributed by atoms with Crippen LogP contribution in [0, 0.1) is 0 Å². The number of hydrogen-bond donors (Lipinski definition) is 5. The van der Waals surface area contributed by atoms with Gasteiger partial charge >= 0.3 is 0 Å². The molecule has 5 N–H and O–H groups in total. The Morgan fingerprint density at radius 2 is 1.57 bits per heavy atom. The van der Waals surface area contributed by atoms with Crippen LogP contribution in [0.1, 0.15) is 17.3 Å². The number of hydrogen-bond acceptors (Lipinski definition) is 8. The molecule has 0 spiro atoms. The molecule has 0 saturated carbocycles. The smallest absolute Gasteiger partial charge is 0.251 e. The van der Waals surface area contributed by atoms with E-state index in [1.165, 1.54) is 6.92 Å². The molecule has 164 valence electrons. The largest absolute Gasteiger partial charge is 0.493 e. The lowest BCUT2D eigenvalue weighted by atomic mass is 10.0. The minimum absolute atomic E-state index is 0.0560. The number of carbonyl (C=O) groups excluding carboxylic acids is 1. The number of ether oxygens (including phenoxy) is 1. The van der Waals surface area contributed by atoms with Crippen LogP contribution in [0.5, 0.6) is 5.75 Å². The van der Waals surface area contributed by atoms with Crippen LogP contribution in [0.2, 0.25) is 0 Å². The summed E-state index contributed by atoms with van der Waals surface area (Å²) in [5.74, 6) is -0.0189. The summed E-state index contributed by atoms with van der Waals surface area (Å²) < 4.78 is 27.7. The van der Waals surface area contributed by atoms with Crippen LogP contribution >= 0.6 is 0 Å². The highest BCUT2D eigenvalue weighted by molar-refractivity contribution is 7.90. The van der Waals surface area contributed by atoms with Crippen molar-refractivity contribution in [3.05, 3.63) is 54.1 Å². The lowest BCUT2D eigenvalue weighted by molar-refractivity contribution is -0.0463. The number of amides is 1. The van der Waals surface area contributed by atoms with Crippen LogP contribution in [0.4, 0.5) is 0 Å². The maximum atomic E-state index is 12.3. The normalized spacial score (nSPS) is 14.6. The summed E-state index contributed by atoms with van der Waals surface area (Å²) in [7, 11) is -3.08. The van der Waals surface area contributed by atoms with E-state index in [-0.39, 0.29) is 12.4 Å². The molecule has 0 aliphatic heterocycles. The van der Waals surface area contributed by atoms with Crippen LogP contribution in [0.15, 0.2) is 48.5 Å². The van der Waals surface area contributed by atoms with Crippen LogP contribution in [0.3, 0.4) is 0 Å². The van der Waals surface area contributed by atoms with Crippen LogP contribution in [-0.2, 0) is 9.84 Å². The van der Waals surface area contributed by atoms with E-state index < -0.39 is 34.1 Å². The standard InChI is InChI=1S/C20H26N2O7S/c1-13(23)18(20(25)22-26)21-19(24)16-5-3-14(4-6-16)15-7-9-17(10-8-15)29-11-12-30(2,27)28/h3-10,13,18,20,22-23,25-26H,11-12H2,1-2H3,(H,21,24)/t13-,18+,20?/m1/s1. The van der Waals surface area contributed by atoms with E-state index >= 15 is 0 Å². The highest BCUT2D eigenvalue weighted by Gasteiger charge is 2.25. The van der Waals surface area contributed by atoms with Crippen molar-refractivity contribution in [1.82, 2.24) is 10.8 Å². The summed E-state index contributed by atoms with van der Waals surface area (Å²) in [5.41, 5.74) is 3.63. The second-order valence-corrected chi connectivity index (χ2v) is 9.15. The summed E-state index contributed by atoms with van der Waals surface area (Å²) in [6.45, 7) is 1.46. The number of sulfone groups is 1. The Morgan fingerprint density at radius 1 is 1.03 bits per heavy atom. The first-order valence-electron chi connectivity index (χ1n) is 9.18. The number of nitrogens with one attached hydrogen (secondary N) is 2. The number of benzene rings is 2. The molecule has 1 unspecified atom stereocenters. The van der Waals surface area contributed by atoms with E-state index in [1.807, 2.05) is 12.1 Å².